The molecule has 1 fully saturated rings. The molecule has 0 aromatic heterocycles. The molecule has 1 atom stereocenters. The molecule has 1 aliphatic carbocycles. The maximum absolute atomic E-state index is 12.0. The molecule has 1 N–H and O–H groups in total. The highest BCUT2D eigenvalue weighted by atomic mass is 35.5. The van der Waals surface area contributed by atoms with Crippen molar-refractivity contribution in [3.8, 4) is 12.3 Å². The fourth-order valence-corrected chi connectivity index (χ4v) is 2.62. The lowest BCUT2D eigenvalue weighted by Gasteiger charge is -2.29. The number of benzene rings is 1. The summed E-state index contributed by atoms with van der Waals surface area (Å²) in [5.74, 6) is 2.86. The van der Waals surface area contributed by atoms with E-state index in [9.17, 15) is 9.90 Å². The van der Waals surface area contributed by atoms with Gasteiger partial charge in [-0.1, -0.05) is 24.3 Å². The van der Waals surface area contributed by atoms with Crippen molar-refractivity contribution < 1.29 is 9.90 Å². The third-order valence-corrected chi connectivity index (χ3v) is 4.02. The van der Waals surface area contributed by atoms with Crippen molar-refractivity contribution >= 4 is 17.5 Å². The van der Waals surface area contributed by atoms with E-state index in [1.54, 1.807) is 4.90 Å². The van der Waals surface area contributed by atoms with Crippen molar-refractivity contribution in [2.24, 2.45) is 0 Å². The van der Waals surface area contributed by atoms with Gasteiger partial charge in [0.1, 0.15) is 5.88 Å². The number of carbonyl (C=O) groups excluding carboxylic acids is 1. The minimum absolute atomic E-state index is 0.108. The van der Waals surface area contributed by atoms with Gasteiger partial charge in [-0.2, -0.15) is 0 Å². The lowest BCUT2D eigenvalue weighted by atomic mass is 10.1. The molecule has 0 spiro atoms. The van der Waals surface area contributed by atoms with Crippen molar-refractivity contribution in [3.05, 3.63) is 35.4 Å². The van der Waals surface area contributed by atoms with Crippen molar-refractivity contribution in [2.75, 3.05) is 12.5 Å². The number of aliphatic hydroxyl groups is 1. The Balaban J connectivity index is 2.15. The zero-order valence-electron chi connectivity index (χ0n) is 12.0. The van der Waals surface area contributed by atoms with E-state index in [2.05, 4.69) is 18.1 Å². The van der Waals surface area contributed by atoms with Crippen LogP contribution in [0.5, 0.6) is 0 Å². The van der Waals surface area contributed by atoms with Gasteiger partial charge >= 0.3 is 0 Å². The first-order chi connectivity index (χ1) is 10.2. The van der Waals surface area contributed by atoms with Crippen LogP contribution >= 0.6 is 11.6 Å². The molecule has 112 valence electrons. The van der Waals surface area contributed by atoms with E-state index in [-0.39, 0.29) is 24.4 Å². The first-order valence-corrected chi connectivity index (χ1v) is 7.71. The highest BCUT2D eigenvalue weighted by Crippen LogP contribution is 2.40. The molecule has 1 unspecified atom stereocenters. The molecule has 1 saturated carbocycles. The van der Waals surface area contributed by atoms with Crippen LogP contribution in [0.1, 0.15) is 36.3 Å². The second kappa shape index (κ2) is 7.49. The summed E-state index contributed by atoms with van der Waals surface area (Å²) < 4.78 is 0. The van der Waals surface area contributed by atoms with Gasteiger partial charge < -0.3 is 10.0 Å². The van der Waals surface area contributed by atoms with Crippen LogP contribution in [0.4, 0.5) is 0 Å². The van der Waals surface area contributed by atoms with Gasteiger partial charge in [0.15, 0.2) is 0 Å². The molecule has 1 aliphatic rings. The molecular weight excluding hydrogens is 286 g/mol. The van der Waals surface area contributed by atoms with Crippen molar-refractivity contribution in [3.63, 3.8) is 0 Å². The number of rotatable bonds is 7. The van der Waals surface area contributed by atoms with Crippen LogP contribution in [0.25, 0.3) is 0 Å². The van der Waals surface area contributed by atoms with E-state index in [0.717, 1.165) is 5.56 Å². The van der Waals surface area contributed by atoms with Crippen LogP contribution in [0, 0.1) is 12.3 Å². The number of terminal acetylenes is 1. The summed E-state index contributed by atoms with van der Waals surface area (Å²) in [6.45, 7) is 0.272. The lowest BCUT2D eigenvalue weighted by Crippen LogP contribution is -2.42. The van der Waals surface area contributed by atoms with Crippen LogP contribution in [0.15, 0.2) is 24.3 Å². The van der Waals surface area contributed by atoms with Gasteiger partial charge in [0.2, 0.25) is 5.91 Å². The number of alkyl halides is 1. The Hall–Kier alpha value is -1.50. The monoisotopic (exact) mass is 305 g/mol. The number of hydrogen-bond donors (Lipinski definition) is 1. The molecule has 4 heteroatoms. The fourth-order valence-electron chi connectivity index (χ4n) is 2.47. The average Bonchev–Trinajstić information content (AvgIpc) is 3.35. The van der Waals surface area contributed by atoms with Gasteiger partial charge in [0.05, 0.1) is 12.6 Å². The predicted octanol–water partition coefficient (Wildman–Crippen LogP) is 2.52. The normalized spacial score (nSPS) is 15.3. The molecule has 3 nitrogen and oxygen atoms in total. The standard InChI is InChI=1S/C17H20ClNO2/c1-2-4-16(12-20)19(17(21)10-18)11-13-5-3-6-15(9-13)14-7-8-14/h1,3,5-6,9,14,16,20H,4,7-8,10-12H2. The summed E-state index contributed by atoms with van der Waals surface area (Å²) in [4.78, 5) is 13.6. The molecule has 1 amide bonds. The Morgan fingerprint density at radius 2 is 2.29 bits per heavy atom. The molecule has 0 saturated heterocycles. The largest absolute Gasteiger partial charge is 0.394 e. The van der Waals surface area contributed by atoms with E-state index in [1.165, 1.54) is 18.4 Å². The van der Waals surface area contributed by atoms with Gasteiger partial charge in [0.25, 0.3) is 0 Å². The molecule has 0 aliphatic heterocycles. The van der Waals surface area contributed by atoms with E-state index < -0.39 is 0 Å². The lowest BCUT2D eigenvalue weighted by molar-refractivity contribution is -0.132. The van der Waals surface area contributed by atoms with E-state index in [4.69, 9.17) is 18.0 Å². The first kappa shape index (κ1) is 15.9. The van der Waals surface area contributed by atoms with Gasteiger partial charge in [0, 0.05) is 13.0 Å². The summed E-state index contributed by atoms with van der Waals surface area (Å²) >= 11 is 5.68. The van der Waals surface area contributed by atoms with Crippen LogP contribution in [-0.4, -0.2) is 34.4 Å². The Labute approximate surface area is 130 Å². The molecule has 1 aromatic carbocycles. The van der Waals surface area contributed by atoms with E-state index in [1.807, 2.05) is 12.1 Å². The molecular formula is C17H20ClNO2. The van der Waals surface area contributed by atoms with Crippen LogP contribution in [0.2, 0.25) is 0 Å². The summed E-state index contributed by atoms with van der Waals surface area (Å²) in [6.07, 6.45) is 8.12. The maximum atomic E-state index is 12.0. The summed E-state index contributed by atoms with van der Waals surface area (Å²) in [6, 6.07) is 7.88. The zero-order valence-corrected chi connectivity index (χ0v) is 12.7. The zero-order chi connectivity index (χ0) is 15.2. The second-order valence-corrected chi connectivity index (χ2v) is 5.69. The minimum Gasteiger partial charge on any atom is -0.394 e. The van der Waals surface area contributed by atoms with Gasteiger partial charge in [-0.15, -0.1) is 23.9 Å². The molecule has 2 rings (SSSR count). The Kier molecular flexibility index (Phi) is 5.67. The summed E-state index contributed by atoms with van der Waals surface area (Å²) in [7, 11) is 0. The van der Waals surface area contributed by atoms with Crippen molar-refractivity contribution in [1.29, 1.82) is 0 Å². The van der Waals surface area contributed by atoms with Crippen LogP contribution in [0.3, 0.4) is 0 Å². The Bertz CT molecular complexity index is 534. The number of halogens is 1. The molecule has 0 radical (unpaired) electrons. The van der Waals surface area contributed by atoms with Gasteiger partial charge in [-0.3, -0.25) is 4.79 Å². The van der Waals surface area contributed by atoms with Crippen molar-refractivity contribution in [1.82, 2.24) is 4.90 Å². The Morgan fingerprint density at radius 3 is 2.86 bits per heavy atom. The Morgan fingerprint density at radius 1 is 1.52 bits per heavy atom. The van der Waals surface area contributed by atoms with Crippen LogP contribution in [-0.2, 0) is 11.3 Å². The fraction of sp³-hybridized carbons (Fsp3) is 0.471. The van der Waals surface area contributed by atoms with E-state index >= 15 is 0 Å². The van der Waals surface area contributed by atoms with Gasteiger partial charge in [-0.25, -0.2) is 0 Å². The molecule has 0 bridgehead atoms. The topological polar surface area (TPSA) is 40.5 Å². The quantitative estimate of drug-likeness (QED) is 0.621. The van der Waals surface area contributed by atoms with Gasteiger partial charge in [-0.05, 0) is 29.9 Å². The molecule has 21 heavy (non-hydrogen) atoms. The molecule has 1 aromatic rings. The second-order valence-electron chi connectivity index (χ2n) is 5.42. The minimum atomic E-state index is -0.383. The predicted molar refractivity (Wildman–Crippen MR) is 84.0 cm³/mol. The third kappa shape index (κ3) is 4.23. The SMILES string of the molecule is C#CCC(CO)N(Cc1cccc(C2CC2)c1)C(=O)CCl. The number of hydrogen-bond acceptors (Lipinski definition) is 2. The van der Waals surface area contributed by atoms with E-state index in [0.29, 0.717) is 18.9 Å². The summed E-state index contributed by atoms with van der Waals surface area (Å²) in [5.41, 5.74) is 2.37. The maximum Gasteiger partial charge on any atom is 0.238 e. The highest BCUT2D eigenvalue weighted by molar-refractivity contribution is 6.27. The summed E-state index contributed by atoms with van der Waals surface area (Å²) in [5, 5.41) is 9.47. The number of amides is 1. The third-order valence-electron chi connectivity index (χ3n) is 3.79. The number of aliphatic hydroxyl groups excluding tert-OH is 1. The first-order valence-electron chi connectivity index (χ1n) is 7.18. The number of carbonyl (C=O) groups is 1. The average molecular weight is 306 g/mol. The highest BCUT2D eigenvalue weighted by Gasteiger charge is 2.25. The smallest absolute Gasteiger partial charge is 0.238 e. The number of nitrogens with zero attached hydrogens (tertiary/aromatic N) is 1. The van der Waals surface area contributed by atoms with Crippen molar-refractivity contribution in [2.45, 2.75) is 37.8 Å². The molecule has 0 heterocycles. The van der Waals surface area contributed by atoms with Crippen LogP contribution < -0.4 is 0 Å².